The Labute approximate surface area is 192 Å². The number of anilines is 1. The van der Waals surface area contributed by atoms with Gasteiger partial charge in [-0.05, 0) is 92.3 Å². The van der Waals surface area contributed by atoms with Crippen LogP contribution in [0.15, 0.2) is 41.3 Å². The zero-order chi connectivity index (χ0) is 22.7. The molecule has 6 heteroatoms. The first kappa shape index (κ1) is 23.1. The molecule has 2 heterocycles. The zero-order valence-electron chi connectivity index (χ0n) is 19.5. The Balaban J connectivity index is 1.60. The van der Waals surface area contributed by atoms with E-state index in [1.54, 1.807) is 16.4 Å². The van der Waals surface area contributed by atoms with E-state index in [0.29, 0.717) is 17.4 Å². The second kappa shape index (κ2) is 9.84. The average Bonchev–Trinajstić information content (AvgIpc) is 2.82. The lowest BCUT2D eigenvalue weighted by molar-refractivity contribution is 0.0496. The number of aryl methyl sites for hydroxylation is 3. The smallest absolute Gasteiger partial charge is 0.264 e. The second-order valence-corrected chi connectivity index (χ2v) is 10.8. The van der Waals surface area contributed by atoms with E-state index in [-0.39, 0.29) is 6.04 Å². The van der Waals surface area contributed by atoms with Crippen LogP contribution in [0, 0.1) is 12.8 Å². The summed E-state index contributed by atoms with van der Waals surface area (Å²) in [6.07, 6.45) is 5.54. The summed E-state index contributed by atoms with van der Waals surface area (Å²) < 4.78 is 40.8. The molecule has 2 aromatic carbocycles. The number of nitrogens with zero attached hydrogens (tertiary/aromatic N) is 1. The van der Waals surface area contributed by atoms with Crippen molar-refractivity contribution in [3.8, 4) is 5.75 Å². The molecule has 2 aliphatic heterocycles. The van der Waals surface area contributed by atoms with Crippen molar-refractivity contribution >= 4 is 15.7 Å². The van der Waals surface area contributed by atoms with Gasteiger partial charge in [-0.25, -0.2) is 8.42 Å². The van der Waals surface area contributed by atoms with Crippen LogP contribution in [0.25, 0.3) is 0 Å². The van der Waals surface area contributed by atoms with Gasteiger partial charge < -0.3 is 9.47 Å². The van der Waals surface area contributed by atoms with Crippen molar-refractivity contribution in [2.45, 2.75) is 70.2 Å². The van der Waals surface area contributed by atoms with E-state index in [0.717, 1.165) is 74.3 Å². The van der Waals surface area contributed by atoms with Crippen LogP contribution in [0.1, 0.15) is 56.2 Å². The van der Waals surface area contributed by atoms with Crippen LogP contribution in [0.3, 0.4) is 0 Å². The summed E-state index contributed by atoms with van der Waals surface area (Å²) in [4.78, 5) is 0.333. The third-order valence-corrected chi connectivity index (χ3v) is 8.72. The monoisotopic (exact) mass is 457 g/mol. The van der Waals surface area contributed by atoms with Crippen LogP contribution in [0.5, 0.6) is 5.75 Å². The van der Waals surface area contributed by atoms with Gasteiger partial charge in [0.25, 0.3) is 10.0 Å². The second-order valence-electron chi connectivity index (χ2n) is 9.01. The minimum absolute atomic E-state index is 0.0234. The van der Waals surface area contributed by atoms with Crippen molar-refractivity contribution in [3.63, 3.8) is 0 Å². The molecule has 0 spiro atoms. The minimum Gasteiger partial charge on any atom is -0.493 e. The van der Waals surface area contributed by atoms with Crippen LogP contribution < -0.4 is 9.04 Å². The topological polar surface area (TPSA) is 55.8 Å². The van der Waals surface area contributed by atoms with Gasteiger partial charge in [-0.2, -0.15) is 0 Å². The Morgan fingerprint density at radius 1 is 1.06 bits per heavy atom. The van der Waals surface area contributed by atoms with Gasteiger partial charge in [0.15, 0.2) is 0 Å². The first-order valence-corrected chi connectivity index (χ1v) is 13.4. The summed E-state index contributed by atoms with van der Waals surface area (Å²) in [6.45, 7) is 8.35. The Bertz CT molecular complexity index is 1040. The Morgan fingerprint density at radius 2 is 1.84 bits per heavy atom. The van der Waals surface area contributed by atoms with E-state index in [9.17, 15) is 8.42 Å². The van der Waals surface area contributed by atoms with Crippen molar-refractivity contribution in [1.29, 1.82) is 0 Å². The Kier molecular flexibility index (Phi) is 7.11. The molecule has 0 saturated carbocycles. The fourth-order valence-electron chi connectivity index (χ4n) is 4.78. The number of hydrogen-bond donors (Lipinski definition) is 0. The van der Waals surface area contributed by atoms with Crippen LogP contribution in [-0.4, -0.2) is 34.3 Å². The van der Waals surface area contributed by atoms with Crippen molar-refractivity contribution in [2.24, 2.45) is 5.92 Å². The highest BCUT2D eigenvalue weighted by atomic mass is 32.2. The Morgan fingerprint density at radius 3 is 2.53 bits per heavy atom. The molecule has 1 atom stereocenters. The van der Waals surface area contributed by atoms with Gasteiger partial charge in [0, 0.05) is 19.3 Å². The van der Waals surface area contributed by atoms with E-state index in [2.05, 4.69) is 26.0 Å². The maximum atomic E-state index is 13.8. The van der Waals surface area contributed by atoms with Gasteiger partial charge in [0.05, 0.1) is 17.2 Å². The molecule has 1 fully saturated rings. The van der Waals surface area contributed by atoms with Crippen molar-refractivity contribution in [3.05, 3.63) is 53.1 Å². The molecule has 0 aliphatic carbocycles. The van der Waals surface area contributed by atoms with Gasteiger partial charge in [-0.1, -0.05) is 26.0 Å². The third-order valence-electron chi connectivity index (χ3n) is 6.86. The summed E-state index contributed by atoms with van der Waals surface area (Å²) in [5.41, 5.74) is 4.06. The summed E-state index contributed by atoms with van der Waals surface area (Å²) in [5.74, 6) is 1.25. The maximum Gasteiger partial charge on any atom is 0.264 e. The van der Waals surface area contributed by atoms with E-state index in [1.165, 1.54) is 5.56 Å². The summed E-state index contributed by atoms with van der Waals surface area (Å²) >= 11 is 0. The maximum absolute atomic E-state index is 13.8. The average molecular weight is 458 g/mol. The molecule has 2 aliphatic rings. The molecular weight excluding hydrogens is 422 g/mol. The largest absolute Gasteiger partial charge is 0.493 e. The van der Waals surface area contributed by atoms with Gasteiger partial charge in [0.2, 0.25) is 0 Å². The highest BCUT2D eigenvalue weighted by Gasteiger charge is 2.35. The molecular formula is C26H35NO4S. The number of sulfonamides is 1. The molecule has 0 aromatic heterocycles. The lowest BCUT2D eigenvalue weighted by atomic mass is 9.94. The van der Waals surface area contributed by atoms with Crippen molar-refractivity contribution in [1.82, 2.24) is 0 Å². The number of fused-ring (bicyclic) bond motifs is 1. The molecule has 0 N–H and O–H groups in total. The highest BCUT2D eigenvalue weighted by Crippen LogP contribution is 2.38. The molecule has 1 saturated heterocycles. The van der Waals surface area contributed by atoms with Gasteiger partial charge in [-0.15, -0.1) is 0 Å². The van der Waals surface area contributed by atoms with E-state index in [4.69, 9.17) is 9.47 Å². The predicted octanol–water partition coefficient (Wildman–Crippen LogP) is 5.28. The van der Waals surface area contributed by atoms with Crippen LogP contribution in [0.4, 0.5) is 5.69 Å². The number of rotatable bonds is 7. The summed E-state index contributed by atoms with van der Waals surface area (Å²) in [7, 11) is -3.67. The van der Waals surface area contributed by atoms with E-state index >= 15 is 0 Å². The lowest BCUT2D eigenvalue weighted by Gasteiger charge is -2.37. The summed E-state index contributed by atoms with van der Waals surface area (Å²) in [6, 6.07) is 11.5. The molecule has 174 valence electrons. The third kappa shape index (κ3) is 4.67. The molecule has 0 amide bonds. The van der Waals surface area contributed by atoms with Crippen molar-refractivity contribution in [2.75, 3.05) is 24.1 Å². The standard InChI is InChI=1S/C26H35NO4S/c1-4-20-6-10-25-22(17-20)7-8-23(5-2)27(25)32(28,29)24-9-11-26(19(3)16-24)31-18-21-12-14-30-15-13-21/h6,9-11,16-17,21,23H,4-5,7-8,12-15,18H2,1-3H3. The first-order valence-electron chi connectivity index (χ1n) is 11.9. The molecule has 1 unspecified atom stereocenters. The fourth-order valence-corrected chi connectivity index (χ4v) is 6.66. The molecule has 0 radical (unpaired) electrons. The Hall–Kier alpha value is -2.05. The van der Waals surface area contributed by atoms with Gasteiger partial charge >= 0.3 is 0 Å². The highest BCUT2D eigenvalue weighted by molar-refractivity contribution is 7.92. The SMILES string of the molecule is CCc1ccc2c(c1)CCC(CC)N2S(=O)(=O)c1ccc(OCC2CCOCC2)c(C)c1. The van der Waals surface area contributed by atoms with Crippen LogP contribution >= 0.6 is 0 Å². The number of hydrogen-bond acceptors (Lipinski definition) is 4. The quantitative estimate of drug-likeness (QED) is 0.567. The lowest BCUT2D eigenvalue weighted by Crippen LogP contribution is -2.43. The van der Waals surface area contributed by atoms with E-state index < -0.39 is 10.0 Å². The minimum atomic E-state index is -3.67. The van der Waals surface area contributed by atoms with E-state index in [1.807, 2.05) is 19.1 Å². The van der Waals surface area contributed by atoms with Gasteiger partial charge in [-0.3, -0.25) is 4.31 Å². The van der Waals surface area contributed by atoms with Crippen LogP contribution in [-0.2, 0) is 27.6 Å². The van der Waals surface area contributed by atoms with Crippen molar-refractivity contribution < 1.29 is 17.9 Å². The van der Waals surface area contributed by atoms with Crippen LogP contribution in [0.2, 0.25) is 0 Å². The molecule has 32 heavy (non-hydrogen) atoms. The normalized spacial score (nSPS) is 19.6. The van der Waals surface area contributed by atoms with Gasteiger partial charge in [0.1, 0.15) is 5.75 Å². The number of ether oxygens (including phenoxy) is 2. The number of benzene rings is 2. The molecule has 5 nitrogen and oxygen atoms in total. The molecule has 2 aromatic rings. The summed E-state index contributed by atoms with van der Waals surface area (Å²) in [5, 5.41) is 0. The predicted molar refractivity (Wildman–Crippen MR) is 128 cm³/mol. The fraction of sp³-hybridized carbons (Fsp3) is 0.538. The first-order chi connectivity index (χ1) is 15.4. The molecule has 4 rings (SSSR count). The molecule has 0 bridgehead atoms. The zero-order valence-corrected chi connectivity index (χ0v) is 20.3.